The summed E-state index contributed by atoms with van der Waals surface area (Å²) in [5, 5.41) is 16.4. The van der Waals surface area contributed by atoms with Crippen LogP contribution in [0.15, 0.2) is 15.5 Å². The van der Waals surface area contributed by atoms with Gasteiger partial charge < -0.3 is 10.4 Å². The molecule has 2 N–H and O–H groups in total. The average Bonchev–Trinajstić information content (AvgIpc) is 2.39. The molecule has 21 heavy (non-hydrogen) atoms. The number of hydrogen-bond donors (Lipinski definition) is 2. The zero-order valence-corrected chi connectivity index (χ0v) is 12.6. The highest BCUT2D eigenvalue weighted by atomic mass is 79.9. The first-order valence-electron chi connectivity index (χ1n) is 6.55. The molecule has 1 fully saturated rings. The first-order valence-corrected chi connectivity index (χ1v) is 7.34. The minimum absolute atomic E-state index is 0.0143. The molecule has 1 aromatic rings. The number of aromatic nitrogens is 2. The monoisotopic (exact) mass is 369 g/mol. The molecule has 0 spiro atoms. The molecule has 1 aromatic heterocycles. The van der Waals surface area contributed by atoms with Crippen LogP contribution in [0.2, 0.25) is 0 Å². The second-order valence-corrected chi connectivity index (χ2v) is 5.85. The smallest absolute Gasteiger partial charge is 0.391 e. The molecular weight excluding hydrogens is 355 g/mol. The van der Waals surface area contributed by atoms with Gasteiger partial charge in [-0.05, 0) is 28.8 Å². The molecule has 1 heterocycles. The first-order chi connectivity index (χ1) is 9.78. The predicted molar refractivity (Wildman–Crippen MR) is 74.1 cm³/mol. The molecular formula is C12H15BrF3N3O2. The summed E-state index contributed by atoms with van der Waals surface area (Å²) in [6.07, 6.45) is -0.601. The molecule has 0 aromatic carbocycles. The van der Waals surface area contributed by atoms with Crippen LogP contribution in [0.3, 0.4) is 0 Å². The summed E-state index contributed by atoms with van der Waals surface area (Å²) in [7, 11) is 0. The molecule has 1 aliphatic rings. The number of nitrogens with one attached hydrogen (secondary N) is 1. The topological polar surface area (TPSA) is 67.2 Å². The molecule has 0 aliphatic heterocycles. The maximum atomic E-state index is 12.3. The fourth-order valence-corrected chi connectivity index (χ4v) is 2.75. The van der Waals surface area contributed by atoms with Crippen LogP contribution in [0, 0.1) is 0 Å². The van der Waals surface area contributed by atoms with E-state index in [0.29, 0.717) is 16.8 Å². The third-order valence-electron chi connectivity index (χ3n) is 3.38. The van der Waals surface area contributed by atoms with Crippen molar-refractivity contribution in [1.29, 1.82) is 0 Å². The fourth-order valence-electron chi connectivity index (χ4n) is 2.33. The zero-order chi connectivity index (χ0) is 15.6. The van der Waals surface area contributed by atoms with Crippen molar-refractivity contribution in [1.82, 2.24) is 9.78 Å². The molecule has 0 bridgehead atoms. The number of aliphatic hydroxyl groups excluding tert-OH is 1. The van der Waals surface area contributed by atoms with Crippen molar-refractivity contribution in [2.45, 2.75) is 50.6 Å². The second kappa shape index (κ2) is 6.35. The molecule has 2 atom stereocenters. The Labute approximate surface area is 127 Å². The van der Waals surface area contributed by atoms with Crippen molar-refractivity contribution in [2.75, 3.05) is 5.32 Å². The van der Waals surface area contributed by atoms with Crippen LogP contribution in [0.1, 0.15) is 25.7 Å². The van der Waals surface area contributed by atoms with Gasteiger partial charge in [-0.1, -0.05) is 12.8 Å². The minimum atomic E-state index is -4.51. The molecule has 5 nitrogen and oxygen atoms in total. The molecule has 118 valence electrons. The van der Waals surface area contributed by atoms with Crippen LogP contribution < -0.4 is 10.9 Å². The number of halogens is 4. The van der Waals surface area contributed by atoms with E-state index in [1.165, 1.54) is 6.20 Å². The summed E-state index contributed by atoms with van der Waals surface area (Å²) >= 11 is 3.00. The normalized spacial score (nSPS) is 23.1. The van der Waals surface area contributed by atoms with Gasteiger partial charge in [-0.25, -0.2) is 4.68 Å². The van der Waals surface area contributed by atoms with Crippen LogP contribution in [0.25, 0.3) is 0 Å². The van der Waals surface area contributed by atoms with Gasteiger partial charge in [-0.15, -0.1) is 0 Å². The van der Waals surface area contributed by atoms with Crippen molar-refractivity contribution in [3.05, 3.63) is 21.0 Å². The Morgan fingerprint density at radius 1 is 1.43 bits per heavy atom. The molecule has 0 saturated heterocycles. The molecule has 2 rings (SSSR count). The van der Waals surface area contributed by atoms with Gasteiger partial charge in [0.05, 0.1) is 24.0 Å². The van der Waals surface area contributed by atoms with Crippen LogP contribution in [0.5, 0.6) is 0 Å². The van der Waals surface area contributed by atoms with Crippen LogP contribution in [-0.4, -0.2) is 33.2 Å². The average molecular weight is 370 g/mol. The number of nitrogens with zero attached hydrogens (tertiary/aromatic N) is 2. The number of anilines is 1. The van der Waals surface area contributed by atoms with Crippen molar-refractivity contribution in [3.63, 3.8) is 0 Å². The minimum Gasteiger partial charge on any atom is -0.391 e. The third kappa shape index (κ3) is 4.19. The van der Waals surface area contributed by atoms with E-state index >= 15 is 0 Å². The highest BCUT2D eigenvalue weighted by Gasteiger charge is 2.30. The summed E-state index contributed by atoms with van der Waals surface area (Å²) in [5.74, 6) is 0. The summed E-state index contributed by atoms with van der Waals surface area (Å²) in [5.41, 5.74) is -0.563. The van der Waals surface area contributed by atoms with E-state index in [9.17, 15) is 23.1 Å². The van der Waals surface area contributed by atoms with Gasteiger partial charge >= 0.3 is 6.18 Å². The van der Waals surface area contributed by atoms with Gasteiger partial charge in [-0.3, -0.25) is 4.79 Å². The second-order valence-electron chi connectivity index (χ2n) is 5.05. The van der Waals surface area contributed by atoms with E-state index in [1.807, 2.05) is 0 Å². The van der Waals surface area contributed by atoms with Crippen LogP contribution in [0.4, 0.5) is 18.9 Å². The molecule has 1 aliphatic carbocycles. The van der Waals surface area contributed by atoms with Gasteiger partial charge in [0.25, 0.3) is 5.56 Å². The number of hydrogen-bond acceptors (Lipinski definition) is 4. The Kier molecular flexibility index (Phi) is 4.92. The lowest BCUT2D eigenvalue weighted by molar-refractivity contribution is -0.143. The van der Waals surface area contributed by atoms with Gasteiger partial charge in [0, 0.05) is 0 Å². The maximum Gasteiger partial charge on any atom is 0.408 e. The lowest BCUT2D eigenvalue weighted by Crippen LogP contribution is -2.37. The van der Waals surface area contributed by atoms with Gasteiger partial charge in [0.2, 0.25) is 0 Å². The maximum absolute atomic E-state index is 12.3. The van der Waals surface area contributed by atoms with Crippen molar-refractivity contribution in [3.8, 4) is 0 Å². The van der Waals surface area contributed by atoms with E-state index < -0.39 is 24.4 Å². The summed E-state index contributed by atoms with van der Waals surface area (Å²) in [6, 6.07) is -0.227. The Morgan fingerprint density at radius 3 is 2.71 bits per heavy atom. The number of alkyl halides is 3. The largest absolute Gasteiger partial charge is 0.408 e. The van der Waals surface area contributed by atoms with Crippen LogP contribution >= 0.6 is 15.9 Å². The van der Waals surface area contributed by atoms with Gasteiger partial charge in [-0.2, -0.15) is 18.3 Å². The SMILES string of the molecule is O=c1c(Br)c(NC2CCCCC2O)cnn1CC(F)(F)F. The van der Waals surface area contributed by atoms with Crippen molar-refractivity contribution >= 4 is 21.6 Å². The highest BCUT2D eigenvalue weighted by Crippen LogP contribution is 2.25. The summed E-state index contributed by atoms with van der Waals surface area (Å²) in [4.78, 5) is 11.8. The summed E-state index contributed by atoms with van der Waals surface area (Å²) < 4.78 is 37.3. The third-order valence-corrected chi connectivity index (χ3v) is 4.15. The quantitative estimate of drug-likeness (QED) is 0.857. The Morgan fingerprint density at radius 2 is 2.10 bits per heavy atom. The first kappa shape index (κ1) is 16.3. The lowest BCUT2D eigenvalue weighted by atomic mass is 9.92. The molecule has 0 radical (unpaired) electrons. The van der Waals surface area contributed by atoms with E-state index in [2.05, 4.69) is 26.3 Å². The van der Waals surface area contributed by atoms with Gasteiger partial charge in [0.15, 0.2) is 0 Å². The standard InChI is InChI=1S/C12H15BrF3N3O2/c13-10-8(18-7-3-1-2-4-9(7)20)5-17-19(11(10)21)6-12(14,15)16/h5,7,9,18,20H,1-4,6H2. The predicted octanol–water partition coefficient (Wildman–Crippen LogP) is 2.28. The summed E-state index contributed by atoms with van der Waals surface area (Å²) in [6.45, 7) is -1.43. The Balaban J connectivity index is 2.18. The number of rotatable bonds is 3. The molecule has 0 amide bonds. The Bertz CT molecular complexity index is 562. The Hall–Kier alpha value is -1.09. The molecule has 1 saturated carbocycles. The van der Waals surface area contributed by atoms with E-state index in [1.54, 1.807) is 0 Å². The number of aliphatic hydroxyl groups is 1. The van der Waals surface area contributed by atoms with E-state index in [-0.39, 0.29) is 10.5 Å². The molecule has 9 heteroatoms. The van der Waals surface area contributed by atoms with Crippen molar-refractivity contribution in [2.24, 2.45) is 0 Å². The lowest BCUT2D eigenvalue weighted by Gasteiger charge is -2.29. The highest BCUT2D eigenvalue weighted by molar-refractivity contribution is 9.10. The fraction of sp³-hybridized carbons (Fsp3) is 0.667. The van der Waals surface area contributed by atoms with Crippen molar-refractivity contribution < 1.29 is 18.3 Å². The van der Waals surface area contributed by atoms with E-state index in [0.717, 1.165) is 19.3 Å². The van der Waals surface area contributed by atoms with E-state index in [4.69, 9.17) is 0 Å². The zero-order valence-electron chi connectivity index (χ0n) is 11.0. The molecule has 2 unspecified atom stereocenters. The van der Waals surface area contributed by atoms with Crippen LogP contribution in [-0.2, 0) is 6.54 Å². The van der Waals surface area contributed by atoms with Gasteiger partial charge in [0.1, 0.15) is 11.0 Å².